The highest BCUT2D eigenvalue weighted by Gasteiger charge is 2.15. The van der Waals surface area contributed by atoms with Crippen molar-refractivity contribution in [3.63, 3.8) is 0 Å². The Morgan fingerprint density at radius 3 is 2.88 bits per heavy atom. The van der Waals surface area contributed by atoms with Crippen LogP contribution in [0.4, 0.5) is 0 Å². The molecule has 1 aromatic carbocycles. The predicted molar refractivity (Wildman–Crippen MR) is 71.4 cm³/mol. The van der Waals surface area contributed by atoms with Gasteiger partial charge in [-0.3, -0.25) is 4.98 Å². The third-order valence-corrected chi connectivity index (χ3v) is 3.64. The van der Waals surface area contributed by atoms with Gasteiger partial charge < -0.3 is 5.32 Å². The van der Waals surface area contributed by atoms with E-state index in [1.54, 1.807) is 0 Å². The van der Waals surface area contributed by atoms with E-state index in [0.717, 1.165) is 37.9 Å². The van der Waals surface area contributed by atoms with Gasteiger partial charge in [-0.25, -0.2) is 0 Å². The van der Waals surface area contributed by atoms with Gasteiger partial charge in [-0.2, -0.15) is 0 Å². The van der Waals surface area contributed by atoms with Gasteiger partial charge in [-0.15, -0.1) is 0 Å². The van der Waals surface area contributed by atoms with E-state index in [2.05, 4.69) is 36.5 Å². The maximum Gasteiger partial charge on any atom is 0.0708 e. The van der Waals surface area contributed by atoms with E-state index < -0.39 is 0 Å². The molecule has 88 valence electrons. The van der Waals surface area contributed by atoms with Crippen LogP contribution in [0.5, 0.6) is 0 Å². The highest BCUT2D eigenvalue weighted by atomic mass is 14.9. The molecule has 0 saturated carbocycles. The SMILES string of the molecule is CCc1c2c(nc3ccccc13)CCNCC2. The number of nitrogens with one attached hydrogen (secondary N) is 1. The highest BCUT2D eigenvalue weighted by Crippen LogP contribution is 2.25. The van der Waals surface area contributed by atoms with Crippen LogP contribution in [0.25, 0.3) is 10.9 Å². The number of rotatable bonds is 1. The monoisotopic (exact) mass is 226 g/mol. The van der Waals surface area contributed by atoms with Gasteiger partial charge in [0.1, 0.15) is 0 Å². The fourth-order valence-corrected chi connectivity index (χ4v) is 2.83. The van der Waals surface area contributed by atoms with E-state index in [-0.39, 0.29) is 0 Å². The second kappa shape index (κ2) is 4.46. The summed E-state index contributed by atoms with van der Waals surface area (Å²) in [5.74, 6) is 0. The van der Waals surface area contributed by atoms with Crippen molar-refractivity contribution in [3.05, 3.63) is 41.1 Å². The summed E-state index contributed by atoms with van der Waals surface area (Å²) in [4.78, 5) is 4.84. The molecule has 1 aromatic heterocycles. The van der Waals surface area contributed by atoms with E-state index >= 15 is 0 Å². The second-order valence-corrected chi connectivity index (χ2v) is 4.64. The number of fused-ring (bicyclic) bond motifs is 2. The van der Waals surface area contributed by atoms with Crippen LogP contribution in [0.1, 0.15) is 23.7 Å². The molecule has 0 amide bonds. The fraction of sp³-hybridized carbons (Fsp3) is 0.400. The number of hydrogen-bond donors (Lipinski definition) is 1. The van der Waals surface area contributed by atoms with Gasteiger partial charge in [0.2, 0.25) is 0 Å². The molecule has 2 nitrogen and oxygen atoms in total. The Labute approximate surface area is 102 Å². The van der Waals surface area contributed by atoms with Crippen LogP contribution < -0.4 is 5.32 Å². The van der Waals surface area contributed by atoms with E-state index in [1.165, 1.54) is 22.2 Å². The Balaban J connectivity index is 2.30. The topological polar surface area (TPSA) is 24.9 Å². The summed E-state index contributed by atoms with van der Waals surface area (Å²) in [6.45, 7) is 4.39. The summed E-state index contributed by atoms with van der Waals surface area (Å²) in [5, 5.41) is 4.80. The smallest absolute Gasteiger partial charge is 0.0708 e. The Morgan fingerprint density at radius 1 is 1.18 bits per heavy atom. The van der Waals surface area contributed by atoms with Crippen molar-refractivity contribution >= 4 is 10.9 Å². The molecule has 2 heterocycles. The summed E-state index contributed by atoms with van der Waals surface area (Å²) >= 11 is 0. The first-order chi connectivity index (χ1) is 8.40. The molecule has 0 fully saturated rings. The average Bonchev–Trinajstić information content (AvgIpc) is 2.60. The van der Waals surface area contributed by atoms with Crippen molar-refractivity contribution in [2.75, 3.05) is 13.1 Å². The molecule has 2 aromatic rings. The Hall–Kier alpha value is -1.41. The maximum atomic E-state index is 4.84. The molecule has 0 unspecified atom stereocenters. The van der Waals surface area contributed by atoms with Crippen LogP contribution in [-0.4, -0.2) is 18.1 Å². The Kier molecular flexibility index (Phi) is 2.81. The molecule has 1 aliphatic rings. The van der Waals surface area contributed by atoms with Crippen LogP contribution in [0, 0.1) is 0 Å². The van der Waals surface area contributed by atoms with Gasteiger partial charge in [0.15, 0.2) is 0 Å². The summed E-state index contributed by atoms with van der Waals surface area (Å²) in [7, 11) is 0. The number of para-hydroxylation sites is 1. The molecule has 17 heavy (non-hydrogen) atoms. The second-order valence-electron chi connectivity index (χ2n) is 4.64. The molecule has 0 radical (unpaired) electrons. The maximum absolute atomic E-state index is 4.84. The van der Waals surface area contributed by atoms with Gasteiger partial charge in [0, 0.05) is 24.0 Å². The zero-order valence-corrected chi connectivity index (χ0v) is 10.3. The minimum absolute atomic E-state index is 1.06. The van der Waals surface area contributed by atoms with E-state index in [9.17, 15) is 0 Å². The molecule has 0 aliphatic carbocycles. The van der Waals surface area contributed by atoms with E-state index in [4.69, 9.17) is 4.98 Å². The summed E-state index contributed by atoms with van der Waals surface area (Å²) in [6, 6.07) is 8.54. The van der Waals surface area contributed by atoms with Gasteiger partial charge >= 0.3 is 0 Å². The van der Waals surface area contributed by atoms with Crippen molar-refractivity contribution in [3.8, 4) is 0 Å². The lowest BCUT2D eigenvalue weighted by atomic mass is 9.96. The van der Waals surface area contributed by atoms with Gasteiger partial charge in [0.05, 0.1) is 5.52 Å². The third-order valence-electron chi connectivity index (χ3n) is 3.64. The lowest BCUT2D eigenvalue weighted by Crippen LogP contribution is -2.16. The van der Waals surface area contributed by atoms with Crippen molar-refractivity contribution in [2.45, 2.75) is 26.2 Å². The first kappa shape index (κ1) is 10.7. The lowest BCUT2D eigenvalue weighted by Gasteiger charge is -2.13. The first-order valence-corrected chi connectivity index (χ1v) is 6.50. The zero-order valence-electron chi connectivity index (χ0n) is 10.3. The highest BCUT2D eigenvalue weighted by molar-refractivity contribution is 5.83. The van der Waals surface area contributed by atoms with Crippen LogP contribution in [0.2, 0.25) is 0 Å². The van der Waals surface area contributed by atoms with Gasteiger partial charge in [0.25, 0.3) is 0 Å². The van der Waals surface area contributed by atoms with Gasteiger partial charge in [-0.1, -0.05) is 25.1 Å². The van der Waals surface area contributed by atoms with Crippen molar-refractivity contribution in [1.82, 2.24) is 10.3 Å². The molecule has 1 N–H and O–H groups in total. The first-order valence-electron chi connectivity index (χ1n) is 6.50. The molecule has 1 aliphatic heterocycles. The number of aryl methyl sites for hydroxylation is 1. The molecule has 3 rings (SSSR count). The summed E-state index contributed by atoms with van der Waals surface area (Å²) in [5.41, 5.74) is 5.47. The fourth-order valence-electron chi connectivity index (χ4n) is 2.83. The van der Waals surface area contributed by atoms with Crippen LogP contribution in [0.3, 0.4) is 0 Å². The molecule has 0 bridgehead atoms. The molecule has 0 saturated heterocycles. The van der Waals surface area contributed by atoms with Crippen molar-refractivity contribution < 1.29 is 0 Å². The third kappa shape index (κ3) is 1.83. The average molecular weight is 226 g/mol. The number of aromatic nitrogens is 1. The number of nitrogens with zero attached hydrogens (tertiary/aromatic N) is 1. The van der Waals surface area contributed by atoms with Crippen LogP contribution in [-0.2, 0) is 19.3 Å². The standard InChI is InChI=1S/C15H18N2/c1-2-11-12-5-3-4-6-14(12)17-15-8-10-16-9-7-13(11)15/h3-6,16H,2,7-10H2,1H3. The van der Waals surface area contributed by atoms with Crippen molar-refractivity contribution in [1.29, 1.82) is 0 Å². The Morgan fingerprint density at radius 2 is 2.00 bits per heavy atom. The number of benzene rings is 1. The van der Waals surface area contributed by atoms with Crippen LogP contribution in [0.15, 0.2) is 24.3 Å². The van der Waals surface area contributed by atoms with Crippen molar-refractivity contribution in [2.24, 2.45) is 0 Å². The largest absolute Gasteiger partial charge is 0.316 e. The molecule has 2 heteroatoms. The minimum atomic E-state index is 1.06. The summed E-state index contributed by atoms with van der Waals surface area (Å²) in [6.07, 6.45) is 3.29. The normalized spacial score (nSPS) is 15.6. The lowest BCUT2D eigenvalue weighted by molar-refractivity contribution is 0.708. The minimum Gasteiger partial charge on any atom is -0.316 e. The van der Waals surface area contributed by atoms with E-state index in [0.29, 0.717) is 0 Å². The predicted octanol–water partition coefficient (Wildman–Crippen LogP) is 2.49. The molecular formula is C15H18N2. The summed E-state index contributed by atoms with van der Waals surface area (Å²) < 4.78 is 0. The molecule has 0 spiro atoms. The number of pyridine rings is 1. The van der Waals surface area contributed by atoms with Gasteiger partial charge in [-0.05, 0) is 36.6 Å². The zero-order chi connectivity index (χ0) is 11.7. The Bertz CT molecular complexity index is 546. The quantitative estimate of drug-likeness (QED) is 0.808. The molecular weight excluding hydrogens is 208 g/mol. The molecule has 0 atom stereocenters. The number of hydrogen-bond acceptors (Lipinski definition) is 2. The van der Waals surface area contributed by atoms with Crippen LogP contribution >= 0.6 is 0 Å². The van der Waals surface area contributed by atoms with E-state index in [1.807, 2.05) is 0 Å².